The van der Waals surface area contributed by atoms with Gasteiger partial charge < -0.3 is 9.84 Å². The number of amides is 2. The number of nitrogens with one attached hydrogen (secondary N) is 1. The van der Waals surface area contributed by atoms with Crippen molar-refractivity contribution < 1.29 is 24.2 Å². The van der Waals surface area contributed by atoms with E-state index in [0.29, 0.717) is 0 Å². The van der Waals surface area contributed by atoms with E-state index >= 15 is 0 Å². The number of rotatable bonds is 3. The van der Waals surface area contributed by atoms with Gasteiger partial charge in [0.05, 0.1) is 6.61 Å². The van der Waals surface area contributed by atoms with Gasteiger partial charge in [0.15, 0.2) is 0 Å². The van der Waals surface area contributed by atoms with Crippen molar-refractivity contribution in [3.05, 3.63) is 12.7 Å². The fourth-order valence-electron chi connectivity index (χ4n) is 2.27. The van der Waals surface area contributed by atoms with Crippen LogP contribution in [0.5, 0.6) is 0 Å². The molecule has 6 heteroatoms. The normalized spacial score (nSPS) is 24.7. The number of aliphatic hydroxyl groups excluding tert-OH is 1. The highest BCUT2D eigenvalue weighted by molar-refractivity contribution is 6.05. The van der Waals surface area contributed by atoms with Gasteiger partial charge in [-0.1, -0.05) is 19.4 Å². The van der Waals surface area contributed by atoms with E-state index in [9.17, 15) is 14.4 Å². The zero-order chi connectivity index (χ0) is 14.3. The first kappa shape index (κ1) is 15.4. The molecule has 1 saturated carbocycles. The average Bonchev–Trinajstić information content (AvgIpc) is 2.73. The third-order valence-corrected chi connectivity index (χ3v) is 3.19. The van der Waals surface area contributed by atoms with Crippen molar-refractivity contribution in [3.8, 4) is 0 Å². The molecular formula is C13H19NO5. The van der Waals surface area contributed by atoms with E-state index in [2.05, 4.69) is 16.6 Å². The van der Waals surface area contributed by atoms with Crippen LogP contribution in [-0.2, 0) is 19.1 Å². The van der Waals surface area contributed by atoms with Crippen LogP contribution < -0.4 is 5.32 Å². The highest BCUT2D eigenvalue weighted by Crippen LogP contribution is 2.33. The van der Waals surface area contributed by atoms with Gasteiger partial charge in [0, 0.05) is 17.9 Å². The Balaban J connectivity index is 0.000000203. The maximum absolute atomic E-state index is 11.1. The third kappa shape index (κ3) is 4.48. The van der Waals surface area contributed by atoms with Gasteiger partial charge >= 0.3 is 5.97 Å². The van der Waals surface area contributed by atoms with Crippen molar-refractivity contribution in [3.63, 3.8) is 0 Å². The molecular weight excluding hydrogens is 250 g/mol. The molecule has 0 bridgehead atoms. The molecule has 2 fully saturated rings. The Morgan fingerprint density at radius 2 is 1.84 bits per heavy atom. The lowest BCUT2D eigenvalue weighted by atomic mass is 9.81. The minimum Gasteiger partial charge on any atom is -0.460 e. The summed E-state index contributed by atoms with van der Waals surface area (Å²) in [5.41, 5.74) is 0. The fourth-order valence-corrected chi connectivity index (χ4v) is 2.27. The second-order valence-electron chi connectivity index (χ2n) is 4.45. The summed E-state index contributed by atoms with van der Waals surface area (Å²) in [7, 11) is 0. The molecule has 6 nitrogen and oxygen atoms in total. The van der Waals surface area contributed by atoms with Gasteiger partial charge in [0.2, 0.25) is 11.8 Å². The molecule has 2 unspecified atom stereocenters. The first-order valence-electron chi connectivity index (χ1n) is 6.35. The fraction of sp³-hybridized carbons (Fsp3) is 0.615. The number of carbonyl (C=O) groups excluding carboxylic acids is 3. The first-order chi connectivity index (χ1) is 9.10. The van der Waals surface area contributed by atoms with Crippen molar-refractivity contribution in [2.45, 2.75) is 25.7 Å². The van der Waals surface area contributed by atoms with E-state index in [-0.39, 0.29) is 36.9 Å². The smallest absolute Gasteiger partial charge is 0.330 e. The molecule has 1 aliphatic carbocycles. The molecule has 0 radical (unpaired) electrons. The Kier molecular flexibility index (Phi) is 6.21. The summed E-state index contributed by atoms with van der Waals surface area (Å²) in [4.78, 5) is 32.3. The number of hydrogen-bond donors (Lipinski definition) is 2. The number of imide groups is 1. The van der Waals surface area contributed by atoms with Crippen molar-refractivity contribution in [1.82, 2.24) is 5.32 Å². The van der Waals surface area contributed by atoms with Crippen LogP contribution in [0.15, 0.2) is 12.7 Å². The Morgan fingerprint density at radius 1 is 1.32 bits per heavy atom. The van der Waals surface area contributed by atoms with Gasteiger partial charge in [-0.15, -0.1) is 0 Å². The molecule has 1 saturated heterocycles. The Labute approximate surface area is 111 Å². The van der Waals surface area contributed by atoms with Crippen LogP contribution in [-0.4, -0.2) is 36.1 Å². The van der Waals surface area contributed by atoms with E-state index in [1.54, 1.807) is 0 Å². The number of aliphatic hydroxyl groups is 1. The van der Waals surface area contributed by atoms with Gasteiger partial charge in [0.1, 0.15) is 6.61 Å². The molecule has 0 aromatic rings. The van der Waals surface area contributed by atoms with Gasteiger partial charge in [0.25, 0.3) is 0 Å². The summed E-state index contributed by atoms with van der Waals surface area (Å²) in [6, 6.07) is 0. The summed E-state index contributed by atoms with van der Waals surface area (Å²) >= 11 is 0. The number of hydrogen-bond acceptors (Lipinski definition) is 5. The predicted molar refractivity (Wildman–Crippen MR) is 66.8 cm³/mol. The number of carbonyl (C=O) groups is 3. The average molecular weight is 269 g/mol. The summed E-state index contributed by atoms with van der Waals surface area (Å²) in [5.74, 6) is -0.564. The van der Waals surface area contributed by atoms with Gasteiger partial charge in [-0.2, -0.15) is 0 Å². The summed E-state index contributed by atoms with van der Waals surface area (Å²) in [6.07, 6.45) is 5.06. The van der Waals surface area contributed by atoms with Crippen molar-refractivity contribution in [1.29, 1.82) is 0 Å². The lowest BCUT2D eigenvalue weighted by Crippen LogP contribution is -2.21. The van der Waals surface area contributed by atoms with Crippen LogP contribution in [0, 0.1) is 11.8 Å². The van der Waals surface area contributed by atoms with Crippen molar-refractivity contribution in [2.75, 3.05) is 13.2 Å². The molecule has 2 aliphatic rings. The van der Waals surface area contributed by atoms with Gasteiger partial charge in [-0.05, 0) is 12.8 Å². The summed E-state index contributed by atoms with van der Waals surface area (Å²) in [5, 5.41) is 10.5. The SMILES string of the molecule is C=CC(=O)OCCO.O=C1NC(=O)C2CCCCC12. The van der Waals surface area contributed by atoms with Gasteiger partial charge in [-0.3, -0.25) is 14.9 Å². The van der Waals surface area contributed by atoms with Crippen LogP contribution in [0.2, 0.25) is 0 Å². The third-order valence-electron chi connectivity index (χ3n) is 3.19. The second-order valence-corrected chi connectivity index (χ2v) is 4.45. The molecule has 19 heavy (non-hydrogen) atoms. The molecule has 1 heterocycles. The van der Waals surface area contributed by atoms with E-state index < -0.39 is 5.97 Å². The zero-order valence-electron chi connectivity index (χ0n) is 10.8. The second kappa shape index (κ2) is 7.68. The minimum absolute atomic E-state index is 0.0104. The maximum atomic E-state index is 11.1. The number of fused-ring (bicyclic) bond motifs is 1. The lowest BCUT2D eigenvalue weighted by Gasteiger charge is -2.19. The Bertz CT molecular complexity index is 344. The monoisotopic (exact) mass is 269 g/mol. The lowest BCUT2D eigenvalue weighted by molar-refractivity contribution is -0.138. The molecule has 2 rings (SSSR count). The molecule has 106 valence electrons. The Hall–Kier alpha value is -1.69. The first-order valence-corrected chi connectivity index (χ1v) is 6.35. The van der Waals surface area contributed by atoms with Crippen molar-refractivity contribution in [2.24, 2.45) is 11.8 Å². The van der Waals surface area contributed by atoms with Crippen LogP contribution in [0.3, 0.4) is 0 Å². The highest BCUT2D eigenvalue weighted by Gasteiger charge is 2.42. The molecule has 0 aromatic heterocycles. The van der Waals surface area contributed by atoms with Crippen LogP contribution >= 0.6 is 0 Å². The summed E-state index contributed by atoms with van der Waals surface area (Å²) in [6.45, 7) is 3.06. The molecule has 1 aliphatic heterocycles. The molecule has 2 amide bonds. The quantitative estimate of drug-likeness (QED) is 0.432. The highest BCUT2D eigenvalue weighted by atomic mass is 16.5. The van der Waals surface area contributed by atoms with Crippen LogP contribution in [0.4, 0.5) is 0 Å². The molecule has 2 N–H and O–H groups in total. The number of esters is 1. The van der Waals surface area contributed by atoms with E-state index in [0.717, 1.165) is 31.8 Å². The molecule has 2 atom stereocenters. The van der Waals surface area contributed by atoms with Crippen LogP contribution in [0.1, 0.15) is 25.7 Å². The van der Waals surface area contributed by atoms with E-state index in [1.807, 2.05) is 0 Å². The largest absolute Gasteiger partial charge is 0.460 e. The van der Waals surface area contributed by atoms with Gasteiger partial charge in [-0.25, -0.2) is 4.79 Å². The van der Waals surface area contributed by atoms with E-state index in [4.69, 9.17) is 5.11 Å². The summed E-state index contributed by atoms with van der Waals surface area (Å²) < 4.78 is 4.33. The standard InChI is InChI=1S/C8H11NO2.C5H8O3/c10-7-5-3-1-2-4-6(5)8(11)9-7;1-2-5(7)8-4-3-6/h5-6H,1-4H2,(H,9,10,11);2,6H,1,3-4H2. The van der Waals surface area contributed by atoms with Crippen molar-refractivity contribution >= 4 is 17.8 Å². The maximum Gasteiger partial charge on any atom is 0.330 e. The topological polar surface area (TPSA) is 92.7 Å². The van der Waals surface area contributed by atoms with Crippen LogP contribution in [0.25, 0.3) is 0 Å². The zero-order valence-corrected chi connectivity index (χ0v) is 10.8. The predicted octanol–water partition coefficient (Wildman–Crippen LogP) is 0.157. The Morgan fingerprint density at radius 3 is 2.26 bits per heavy atom. The van der Waals surface area contributed by atoms with E-state index in [1.165, 1.54) is 0 Å². The molecule has 0 aromatic carbocycles. The molecule has 0 spiro atoms. The minimum atomic E-state index is -0.501. The number of ether oxygens (including phenoxy) is 1.